The Morgan fingerprint density at radius 1 is 0.741 bits per heavy atom. The molecule has 0 aliphatic rings. The number of nitrogens with zero attached hydrogens (tertiary/aromatic N) is 2. The second kappa shape index (κ2) is 6.09. The first-order valence-corrected chi connectivity index (χ1v) is 9.25. The molecule has 5 rings (SSSR count). The number of fused-ring (bicyclic) bond motifs is 2. The van der Waals surface area contributed by atoms with Crippen LogP contribution in [0.1, 0.15) is 18.3 Å². The van der Waals surface area contributed by atoms with Crippen molar-refractivity contribution < 1.29 is 0 Å². The summed E-state index contributed by atoms with van der Waals surface area (Å²) in [7, 11) is 0. The SMILES string of the molecule is CCc1nc2ccc(-c3ccc4nc(-c5cccc(C)c5)[nH]c4c3)cc2[nH]1. The molecule has 2 aromatic heterocycles. The Morgan fingerprint density at radius 2 is 1.44 bits per heavy atom. The second-order valence-corrected chi connectivity index (χ2v) is 6.96. The molecule has 0 aliphatic carbocycles. The van der Waals surface area contributed by atoms with Crippen LogP contribution in [0.5, 0.6) is 0 Å². The third-order valence-corrected chi connectivity index (χ3v) is 4.97. The standard InChI is InChI=1S/C23H20N4/c1-3-22-24-18-9-7-15(12-20(18)25-22)16-8-10-19-21(13-16)27-23(26-19)17-6-4-5-14(2)11-17/h4-13H,3H2,1-2H3,(H,24,25)(H,26,27). The number of hydrogen-bond acceptors (Lipinski definition) is 2. The molecule has 0 radical (unpaired) electrons. The third-order valence-electron chi connectivity index (χ3n) is 4.97. The summed E-state index contributed by atoms with van der Waals surface area (Å²) in [5.41, 5.74) is 8.79. The van der Waals surface area contributed by atoms with Crippen molar-refractivity contribution >= 4 is 22.1 Å². The molecule has 2 N–H and O–H groups in total. The molecular formula is C23H20N4. The van der Waals surface area contributed by atoms with Gasteiger partial charge in [-0.3, -0.25) is 0 Å². The molecule has 5 aromatic rings. The van der Waals surface area contributed by atoms with Crippen molar-refractivity contribution in [3.63, 3.8) is 0 Å². The number of aromatic nitrogens is 4. The van der Waals surface area contributed by atoms with Gasteiger partial charge in [0.1, 0.15) is 11.6 Å². The minimum Gasteiger partial charge on any atom is -0.342 e. The smallest absolute Gasteiger partial charge is 0.138 e. The first-order chi connectivity index (χ1) is 13.2. The van der Waals surface area contributed by atoms with E-state index in [0.717, 1.165) is 51.3 Å². The maximum Gasteiger partial charge on any atom is 0.138 e. The Kier molecular flexibility index (Phi) is 3.57. The molecule has 0 saturated heterocycles. The summed E-state index contributed by atoms with van der Waals surface area (Å²) in [6, 6.07) is 21.1. The van der Waals surface area contributed by atoms with Crippen LogP contribution in [0.25, 0.3) is 44.6 Å². The summed E-state index contributed by atoms with van der Waals surface area (Å²) in [4.78, 5) is 16.2. The molecule has 0 aliphatic heterocycles. The molecule has 132 valence electrons. The Balaban J connectivity index is 1.58. The van der Waals surface area contributed by atoms with E-state index in [9.17, 15) is 0 Å². The minimum absolute atomic E-state index is 0.905. The van der Waals surface area contributed by atoms with E-state index in [4.69, 9.17) is 4.98 Å². The number of nitrogens with one attached hydrogen (secondary N) is 2. The average molecular weight is 352 g/mol. The summed E-state index contributed by atoms with van der Waals surface area (Å²) in [5.74, 6) is 1.93. The fourth-order valence-electron chi connectivity index (χ4n) is 3.53. The highest BCUT2D eigenvalue weighted by atomic mass is 14.9. The minimum atomic E-state index is 0.905. The summed E-state index contributed by atoms with van der Waals surface area (Å²) >= 11 is 0. The van der Waals surface area contributed by atoms with E-state index in [-0.39, 0.29) is 0 Å². The van der Waals surface area contributed by atoms with Gasteiger partial charge in [-0.15, -0.1) is 0 Å². The quantitative estimate of drug-likeness (QED) is 0.441. The normalized spacial score (nSPS) is 11.5. The van der Waals surface area contributed by atoms with E-state index in [2.05, 4.69) is 89.5 Å². The number of rotatable bonds is 3. The lowest BCUT2D eigenvalue weighted by Gasteiger charge is -2.01. The van der Waals surface area contributed by atoms with Gasteiger partial charge in [-0.2, -0.15) is 0 Å². The van der Waals surface area contributed by atoms with E-state index in [1.165, 1.54) is 11.1 Å². The summed E-state index contributed by atoms with van der Waals surface area (Å²) < 4.78 is 0. The van der Waals surface area contributed by atoms with Crippen LogP contribution in [0, 0.1) is 6.92 Å². The third kappa shape index (κ3) is 2.79. The van der Waals surface area contributed by atoms with E-state index < -0.39 is 0 Å². The largest absolute Gasteiger partial charge is 0.342 e. The topological polar surface area (TPSA) is 57.4 Å². The van der Waals surface area contributed by atoms with Gasteiger partial charge in [0, 0.05) is 12.0 Å². The number of hydrogen-bond donors (Lipinski definition) is 2. The van der Waals surface area contributed by atoms with Gasteiger partial charge in [-0.05, 0) is 48.4 Å². The lowest BCUT2D eigenvalue weighted by atomic mass is 10.0. The van der Waals surface area contributed by atoms with Crippen molar-refractivity contribution in [2.75, 3.05) is 0 Å². The maximum absolute atomic E-state index is 4.75. The van der Waals surface area contributed by atoms with Crippen molar-refractivity contribution in [1.29, 1.82) is 0 Å². The highest BCUT2D eigenvalue weighted by Crippen LogP contribution is 2.28. The lowest BCUT2D eigenvalue weighted by Crippen LogP contribution is -1.81. The molecule has 2 heterocycles. The van der Waals surface area contributed by atoms with E-state index in [1.807, 2.05) is 0 Å². The molecule has 3 aromatic carbocycles. The fraction of sp³-hybridized carbons (Fsp3) is 0.130. The van der Waals surface area contributed by atoms with Crippen LogP contribution in [0.4, 0.5) is 0 Å². The van der Waals surface area contributed by atoms with Crippen molar-refractivity contribution in [2.24, 2.45) is 0 Å². The van der Waals surface area contributed by atoms with Crippen LogP contribution in [-0.2, 0) is 6.42 Å². The predicted octanol–water partition coefficient (Wildman–Crippen LogP) is 5.64. The summed E-state index contributed by atoms with van der Waals surface area (Å²) in [6.07, 6.45) is 0.909. The molecule has 0 unspecified atom stereocenters. The molecule has 0 fully saturated rings. The molecule has 0 spiro atoms. The zero-order valence-electron chi connectivity index (χ0n) is 15.4. The molecule has 0 atom stereocenters. The zero-order valence-corrected chi connectivity index (χ0v) is 15.4. The van der Waals surface area contributed by atoms with Crippen molar-refractivity contribution in [3.8, 4) is 22.5 Å². The van der Waals surface area contributed by atoms with Crippen molar-refractivity contribution in [1.82, 2.24) is 19.9 Å². The first-order valence-electron chi connectivity index (χ1n) is 9.25. The Labute approximate surface area is 157 Å². The Bertz CT molecular complexity index is 1280. The Hall–Kier alpha value is -3.40. The van der Waals surface area contributed by atoms with Gasteiger partial charge < -0.3 is 9.97 Å². The van der Waals surface area contributed by atoms with Crippen molar-refractivity contribution in [2.45, 2.75) is 20.3 Å². The van der Waals surface area contributed by atoms with Crippen LogP contribution >= 0.6 is 0 Å². The second-order valence-electron chi connectivity index (χ2n) is 6.96. The molecule has 0 saturated carbocycles. The predicted molar refractivity (Wildman–Crippen MR) is 111 cm³/mol. The maximum atomic E-state index is 4.75. The first kappa shape index (κ1) is 15.8. The zero-order chi connectivity index (χ0) is 18.4. The highest BCUT2D eigenvalue weighted by Gasteiger charge is 2.08. The lowest BCUT2D eigenvalue weighted by molar-refractivity contribution is 1.00. The molecule has 4 nitrogen and oxygen atoms in total. The van der Waals surface area contributed by atoms with Crippen LogP contribution in [0.15, 0.2) is 60.7 Å². The summed E-state index contributed by atoms with van der Waals surface area (Å²) in [5, 5.41) is 0. The van der Waals surface area contributed by atoms with Gasteiger partial charge in [0.2, 0.25) is 0 Å². The fourth-order valence-corrected chi connectivity index (χ4v) is 3.53. The molecular weight excluding hydrogens is 332 g/mol. The monoisotopic (exact) mass is 352 g/mol. The van der Waals surface area contributed by atoms with Gasteiger partial charge in [-0.25, -0.2) is 9.97 Å². The number of benzene rings is 3. The van der Waals surface area contributed by atoms with Crippen LogP contribution in [0.3, 0.4) is 0 Å². The van der Waals surface area contributed by atoms with Crippen LogP contribution in [-0.4, -0.2) is 19.9 Å². The van der Waals surface area contributed by atoms with Gasteiger partial charge in [0.25, 0.3) is 0 Å². The number of aromatic amines is 2. The Morgan fingerprint density at radius 3 is 2.15 bits per heavy atom. The molecule has 27 heavy (non-hydrogen) atoms. The van der Waals surface area contributed by atoms with E-state index in [1.54, 1.807) is 0 Å². The summed E-state index contributed by atoms with van der Waals surface area (Å²) in [6.45, 7) is 4.20. The number of imidazole rings is 2. The van der Waals surface area contributed by atoms with Gasteiger partial charge in [0.15, 0.2) is 0 Å². The molecule has 0 bridgehead atoms. The number of aryl methyl sites for hydroxylation is 2. The van der Waals surface area contributed by atoms with E-state index >= 15 is 0 Å². The number of H-pyrrole nitrogens is 2. The van der Waals surface area contributed by atoms with Crippen LogP contribution in [0.2, 0.25) is 0 Å². The molecule has 0 amide bonds. The average Bonchev–Trinajstić information content (AvgIpc) is 3.30. The van der Waals surface area contributed by atoms with Gasteiger partial charge in [-0.1, -0.05) is 42.8 Å². The van der Waals surface area contributed by atoms with Gasteiger partial charge >= 0.3 is 0 Å². The van der Waals surface area contributed by atoms with E-state index in [0.29, 0.717) is 0 Å². The molecule has 4 heteroatoms. The van der Waals surface area contributed by atoms with Gasteiger partial charge in [0.05, 0.1) is 22.1 Å². The van der Waals surface area contributed by atoms with Crippen LogP contribution < -0.4 is 0 Å². The highest BCUT2D eigenvalue weighted by molar-refractivity contribution is 5.87. The van der Waals surface area contributed by atoms with Crippen molar-refractivity contribution in [3.05, 3.63) is 72.1 Å².